The van der Waals surface area contributed by atoms with Crippen LogP contribution in [-0.2, 0) is 4.79 Å². The first-order valence-electron chi connectivity index (χ1n) is 12.1. The van der Waals surface area contributed by atoms with Gasteiger partial charge in [-0.15, -0.1) is 0 Å². The summed E-state index contributed by atoms with van der Waals surface area (Å²) in [5.41, 5.74) is 5.95. The third-order valence-electron chi connectivity index (χ3n) is 6.95. The molecular weight excluding hydrogens is 532 g/mol. The SMILES string of the molecule is COc1cc(C2C3=C(CCCC3=O)Nc3ccc4ncccc4c32)ccc1OC(=O)c1ccc(Br)cc1. The molecule has 3 aromatic carbocycles. The first-order valence-corrected chi connectivity index (χ1v) is 12.9. The number of ketones is 1. The van der Waals surface area contributed by atoms with Crippen molar-refractivity contribution in [1.29, 1.82) is 0 Å². The topological polar surface area (TPSA) is 77.5 Å². The van der Waals surface area contributed by atoms with Gasteiger partial charge < -0.3 is 14.8 Å². The molecule has 0 fully saturated rings. The highest BCUT2D eigenvalue weighted by Crippen LogP contribution is 2.48. The summed E-state index contributed by atoms with van der Waals surface area (Å²) in [5, 5.41) is 4.53. The van der Waals surface area contributed by atoms with Crippen LogP contribution in [0.15, 0.2) is 88.7 Å². The normalized spacial score (nSPS) is 16.6. The molecule has 2 aliphatic rings. The summed E-state index contributed by atoms with van der Waals surface area (Å²) in [7, 11) is 1.54. The molecular formula is C30H23BrN2O4. The van der Waals surface area contributed by atoms with Gasteiger partial charge in [0.15, 0.2) is 17.3 Å². The number of rotatable bonds is 4. The Labute approximate surface area is 222 Å². The second-order valence-electron chi connectivity index (χ2n) is 9.13. The Kier molecular flexibility index (Phi) is 6.00. The molecule has 2 heterocycles. The van der Waals surface area contributed by atoms with E-state index < -0.39 is 5.97 Å². The zero-order chi connectivity index (χ0) is 25.5. The molecule has 1 aliphatic heterocycles. The Morgan fingerprint density at radius 1 is 1.03 bits per heavy atom. The predicted octanol–water partition coefficient (Wildman–Crippen LogP) is 6.79. The number of allylic oxidation sites excluding steroid dienone is 2. The maximum Gasteiger partial charge on any atom is 0.343 e. The molecule has 1 atom stereocenters. The summed E-state index contributed by atoms with van der Waals surface area (Å²) in [4.78, 5) is 30.6. The molecule has 0 saturated heterocycles. The van der Waals surface area contributed by atoms with Gasteiger partial charge in [0.2, 0.25) is 0 Å². The number of benzene rings is 3. The number of esters is 1. The number of carbonyl (C=O) groups excluding carboxylic acids is 2. The number of methoxy groups -OCH3 is 1. The molecule has 4 aromatic rings. The van der Waals surface area contributed by atoms with Crippen molar-refractivity contribution in [2.75, 3.05) is 12.4 Å². The Hall–Kier alpha value is -3.97. The zero-order valence-electron chi connectivity index (χ0n) is 20.1. The van der Waals surface area contributed by atoms with Crippen molar-refractivity contribution in [2.24, 2.45) is 0 Å². The van der Waals surface area contributed by atoms with E-state index in [1.165, 1.54) is 0 Å². The van der Waals surface area contributed by atoms with Gasteiger partial charge in [0.1, 0.15) is 0 Å². The van der Waals surface area contributed by atoms with Crippen LogP contribution in [0.2, 0.25) is 0 Å². The summed E-state index contributed by atoms with van der Waals surface area (Å²) >= 11 is 3.38. The molecule has 6 rings (SSSR count). The van der Waals surface area contributed by atoms with Gasteiger partial charge >= 0.3 is 5.97 Å². The lowest BCUT2D eigenvalue weighted by Crippen LogP contribution is -2.27. The summed E-state index contributed by atoms with van der Waals surface area (Å²) in [6.07, 6.45) is 3.95. The number of hydrogen-bond acceptors (Lipinski definition) is 6. The van der Waals surface area contributed by atoms with Gasteiger partial charge in [0, 0.05) is 45.4 Å². The van der Waals surface area contributed by atoms with Crippen LogP contribution in [0.25, 0.3) is 10.9 Å². The number of carbonyl (C=O) groups is 2. The van der Waals surface area contributed by atoms with Crippen molar-refractivity contribution < 1.29 is 19.1 Å². The fourth-order valence-corrected chi connectivity index (χ4v) is 5.52. The van der Waals surface area contributed by atoms with E-state index in [-0.39, 0.29) is 11.7 Å². The van der Waals surface area contributed by atoms with Crippen LogP contribution >= 0.6 is 15.9 Å². The first kappa shape index (κ1) is 23.4. The maximum atomic E-state index is 13.3. The second-order valence-corrected chi connectivity index (χ2v) is 10.0. The summed E-state index contributed by atoms with van der Waals surface area (Å²) in [6.45, 7) is 0. The average Bonchev–Trinajstić information content (AvgIpc) is 2.92. The van der Waals surface area contributed by atoms with Crippen LogP contribution in [0, 0.1) is 0 Å². The first-order chi connectivity index (χ1) is 18.0. The molecule has 0 amide bonds. The Balaban J connectivity index is 1.46. The molecule has 7 heteroatoms. The molecule has 0 saturated carbocycles. The van der Waals surface area contributed by atoms with Crippen LogP contribution in [0.5, 0.6) is 11.5 Å². The van der Waals surface area contributed by atoms with E-state index in [1.54, 1.807) is 43.6 Å². The van der Waals surface area contributed by atoms with E-state index in [0.29, 0.717) is 23.5 Å². The molecule has 184 valence electrons. The van der Waals surface area contributed by atoms with Crippen LogP contribution in [-0.4, -0.2) is 23.8 Å². The van der Waals surface area contributed by atoms with E-state index >= 15 is 0 Å². The summed E-state index contributed by atoms with van der Waals surface area (Å²) in [6, 6.07) is 20.5. The number of fused-ring (bicyclic) bond motifs is 3. The van der Waals surface area contributed by atoms with Gasteiger partial charge in [0.25, 0.3) is 0 Å². The number of nitrogens with one attached hydrogen (secondary N) is 1. The highest BCUT2D eigenvalue weighted by Gasteiger charge is 2.36. The van der Waals surface area contributed by atoms with E-state index in [1.807, 2.05) is 36.4 Å². The monoisotopic (exact) mass is 554 g/mol. The minimum Gasteiger partial charge on any atom is -0.493 e. The van der Waals surface area contributed by atoms with Gasteiger partial charge in [0.05, 0.1) is 18.2 Å². The van der Waals surface area contributed by atoms with Crippen molar-refractivity contribution in [1.82, 2.24) is 4.98 Å². The van der Waals surface area contributed by atoms with Crippen LogP contribution < -0.4 is 14.8 Å². The third kappa shape index (κ3) is 4.19. The lowest BCUT2D eigenvalue weighted by atomic mass is 9.74. The lowest BCUT2D eigenvalue weighted by Gasteiger charge is -2.35. The summed E-state index contributed by atoms with van der Waals surface area (Å²) < 4.78 is 12.2. The largest absolute Gasteiger partial charge is 0.493 e. The Bertz CT molecular complexity index is 1590. The Morgan fingerprint density at radius 3 is 2.68 bits per heavy atom. The zero-order valence-corrected chi connectivity index (χ0v) is 21.7. The smallest absolute Gasteiger partial charge is 0.343 e. The number of anilines is 1. The van der Waals surface area contributed by atoms with Crippen molar-refractivity contribution in [2.45, 2.75) is 25.2 Å². The molecule has 0 radical (unpaired) electrons. The number of Topliss-reactive ketones (excluding diaryl/α,β-unsaturated/α-hetero) is 1. The molecule has 6 nitrogen and oxygen atoms in total. The molecule has 1 unspecified atom stereocenters. The fourth-order valence-electron chi connectivity index (χ4n) is 5.26. The molecule has 0 spiro atoms. The predicted molar refractivity (Wildman–Crippen MR) is 145 cm³/mol. The van der Waals surface area contributed by atoms with E-state index in [9.17, 15) is 9.59 Å². The van der Waals surface area contributed by atoms with Crippen molar-refractivity contribution in [3.63, 3.8) is 0 Å². The number of nitrogens with zero attached hydrogens (tertiary/aromatic N) is 1. The van der Waals surface area contributed by atoms with Gasteiger partial charge in [-0.3, -0.25) is 9.78 Å². The van der Waals surface area contributed by atoms with Crippen molar-refractivity contribution >= 4 is 44.3 Å². The number of aromatic nitrogens is 1. The highest BCUT2D eigenvalue weighted by molar-refractivity contribution is 9.10. The minimum absolute atomic E-state index is 0.148. The van der Waals surface area contributed by atoms with Crippen molar-refractivity contribution in [3.8, 4) is 11.5 Å². The standard InChI is InChI=1S/C30H23BrN2O4/c1-36-26-16-18(9-14-25(26)37-30(35)17-7-10-19(31)11-8-17)27-28-20-4-3-15-32-21(20)12-13-23(28)33-22-5-2-6-24(34)29(22)27/h3-4,7-16,27,33H,2,5-6H2,1H3. The maximum absolute atomic E-state index is 13.3. The second kappa shape index (κ2) is 9.48. The van der Waals surface area contributed by atoms with Crippen LogP contribution in [0.4, 0.5) is 5.69 Å². The van der Waals surface area contributed by atoms with Crippen LogP contribution in [0.3, 0.4) is 0 Å². The molecule has 0 bridgehead atoms. The Morgan fingerprint density at radius 2 is 1.86 bits per heavy atom. The van der Waals surface area contributed by atoms with Gasteiger partial charge in [-0.25, -0.2) is 4.79 Å². The van der Waals surface area contributed by atoms with E-state index in [2.05, 4.69) is 26.2 Å². The van der Waals surface area contributed by atoms with Gasteiger partial charge in [-0.2, -0.15) is 0 Å². The number of hydrogen-bond donors (Lipinski definition) is 1. The molecule has 1 aliphatic carbocycles. The van der Waals surface area contributed by atoms with E-state index in [4.69, 9.17) is 9.47 Å². The van der Waals surface area contributed by atoms with Crippen molar-refractivity contribution in [3.05, 3.63) is 105 Å². The molecule has 37 heavy (non-hydrogen) atoms. The average molecular weight is 555 g/mol. The summed E-state index contributed by atoms with van der Waals surface area (Å²) in [5.74, 6) is 0.117. The number of halogens is 1. The third-order valence-corrected chi connectivity index (χ3v) is 7.48. The number of pyridine rings is 1. The molecule has 1 N–H and O–H groups in total. The fraction of sp³-hybridized carbons (Fsp3) is 0.167. The van der Waals surface area contributed by atoms with E-state index in [0.717, 1.165) is 56.3 Å². The quantitative estimate of drug-likeness (QED) is 0.221. The lowest BCUT2D eigenvalue weighted by molar-refractivity contribution is -0.116. The van der Waals surface area contributed by atoms with Gasteiger partial charge in [-0.1, -0.05) is 28.1 Å². The van der Waals surface area contributed by atoms with Crippen LogP contribution in [0.1, 0.15) is 46.7 Å². The number of ether oxygens (including phenoxy) is 2. The molecule has 1 aromatic heterocycles. The highest BCUT2D eigenvalue weighted by atomic mass is 79.9. The van der Waals surface area contributed by atoms with Gasteiger partial charge in [-0.05, 0) is 78.6 Å². The minimum atomic E-state index is -0.477.